The number of anilines is 1. The average molecular weight is 364 g/mol. The quantitative estimate of drug-likeness (QED) is 0.701. The number of hydrogen-bond acceptors (Lipinski definition) is 6. The molecule has 0 radical (unpaired) electrons. The van der Waals surface area contributed by atoms with Gasteiger partial charge >= 0.3 is 6.01 Å². The van der Waals surface area contributed by atoms with Crippen molar-refractivity contribution < 1.29 is 9.21 Å². The summed E-state index contributed by atoms with van der Waals surface area (Å²) in [6.45, 7) is 1.87. The van der Waals surface area contributed by atoms with Gasteiger partial charge in [-0.2, -0.15) is 5.10 Å². The van der Waals surface area contributed by atoms with Crippen LogP contribution < -0.4 is 5.32 Å². The van der Waals surface area contributed by atoms with Crippen LogP contribution in [0.1, 0.15) is 5.69 Å². The van der Waals surface area contributed by atoms with E-state index in [4.69, 9.17) is 16.0 Å². The van der Waals surface area contributed by atoms with E-state index in [0.717, 1.165) is 10.6 Å². The first kappa shape index (κ1) is 16.5. The molecule has 0 aliphatic heterocycles. The van der Waals surface area contributed by atoms with Crippen LogP contribution in [0.2, 0.25) is 5.02 Å². The van der Waals surface area contributed by atoms with Crippen LogP contribution in [0.3, 0.4) is 0 Å². The Hall–Kier alpha value is -2.32. The van der Waals surface area contributed by atoms with Crippen LogP contribution >= 0.6 is 23.4 Å². The number of carbonyl (C=O) groups is 1. The molecular weight excluding hydrogens is 350 g/mol. The van der Waals surface area contributed by atoms with E-state index < -0.39 is 0 Å². The summed E-state index contributed by atoms with van der Waals surface area (Å²) in [5.41, 5.74) is 1.53. The van der Waals surface area contributed by atoms with Gasteiger partial charge in [0.15, 0.2) is 0 Å². The highest BCUT2D eigenvalue weighted by atomic mass is 35.5. The predicted octanol–water partition coefficient (Wildman–Crippen LogP) is 3.16. The lowest BCUT2D eigenvalue weighted by atomic mass is 10.4. The second-order valence-electron chi connectivity index (χ2n) is 5.00. The Kier molecular flexibility index (Phi) is 4.86. The number of thioether (sulfide) groups is 1. The van der Waals surface area contributed by atoms with E-state index in [2.05, 4.69) is 20.6 Å². The van der Waals surface area contributed by atoms with E-state index in [1.807, 2.05) is 25.1 Å². The Balaban J connectivity index is 1.59. The molecule has 0 aliphatic carbocycles. The molecular formula is C15H14ClN5O2S. The highest BCUT2D eigenvalue weighted by Gasteiger charge is 2.15. The maximum atomic E-state index is 12.0. The number of rotatable bonds is 5. The monoisotopic (exact) mass is 363 g/mol. The summed E-state index contributed by atoms with van der Waals surface area (Å²) in [4.78, 5) is 12.9. The molecule has 124 valence electrons. The van der Waals surface area contributed by atoms with Crippen molar-refractivity contribution in [1.82, 2.24) is 20.0 Å². The Morgan fingerprint density at radius 3 is 2.75 bits per heavy atom. The summed E-state index contributed by atoms with van der Waals surface area (Å²) >= 11 is 7.22. The minimum atomic E-state index is -0.230. The number of amides is 1. The van der Waals surface area contributed by atoms with Crippen molar-refractivity contribution in [1.29, 1.82) is 0 Å². The van der Waals surface area contributed by atoms with E-state index in [0.29, 0.717) is 16.6 Å². The molecule has 1 amide bonds. The van der Waals surface area contributed by atoms with Crippen LogP contribution in [-0.2, 0) is 11.8 Å². The number of benzene rings is 1. The zero-order valence-corrected chi connectivity index (χ0v) is 14.6. The Morgan fingerprint density at radius 1 is 1.33 bits per heavy atom. The normalized spacial score (nSPS) is 10.8. The summed E-state index contributed by atoms with van der Waals surface area (Å²) in [5, 5.41) is 15.2. The fourth-order valence-electron chi connectivity index (χ4n) is 2.02. The topological polar surface area (TPSA) is 85.8 Å². The maximum absolute atomic E-state index is 12.0. The van der Waals surface area contributed by atoms with Gasteiger partial charge in [-0.15, -0.1) is 16.9 Å². The summed E-state index contributed by atoms with van der Waals surface area (Å²) in [6.07, 6.45) is 0. The third kappa shape index (κ3) is 3.95. The first-order chi connectivity index (χ1) is 11.5. The highest BCUT2D eigenvalue weighted by molar-refractivity contribution is 8.00. The van der Waals surface area contributed by atoms with Gasteiger partial charge < -0.3 is 4.42 Å². The molecule has 0 atom stereocenters. The minimum Gasteiger partial charge on any atom is -0.401 e. The van der Waals surface area contributed by atoms with Crippen LogP contribution in [0.25, 0.3) is 11.6 Å². The van der Waals surface area contributed by atoms with Crippen LogP contribution in [-0.4, -0.2) is 31.6 Å². The molecule has 0 saturated carbocycles. The number of hydrogen-bond donors (Lipinski definition) is 1. The Labute approximate surface area is 147 Å². The number of halogens is 1. The van der Waals surface area contributed by atoms with Crippen LogP contribution in [0.5, 0.6) is 0 Å². The van der Waals surface area contributed by atoms with Gasteiger partial charge in [0.2, 0.25) is 5.91 Å². The third-order valence-electron chi connectivity index (χ3n) is 3.08. The van der Waals surface area contributed by atoms with E-state index in [1.165, 1.54) is 11.8 Å². The lowest BCUT2D eigenvalue weighted by molar-refractivity contribution is -0.113. The van der Waals surface area contributed by atoms with Gasteiger partial charge in [-0.3, -0.25) is 14.8 Å². The molecule has 0 saturated heterocycles. The molecule has 1 aromatic carbocycles. The van der Waals surface area contributed by atoms with Gasteiger partial charge in [0, 0.05) is 17.0 Å². The first-order valence-corrected chi connectivity index (χ1v) is 8.40. The molecule has 2 heterocycles. The molecule has 0 unspecified atom stereocenters. The zero-order chi connectivity index (χ0) is 17.1. The van der Waals surface area contributed by atoms with Gasteiger partial charge in [-0.25, -0.2) is 0 Å². The average Bonchev–Trinajstić information content (AvgIpc) is 3.12. The summed E-state index contributed by atoms with van der Waals surface area (Å²) in [7, 11) is 1.79. The Bertz CT molecular complexity index is 859. The molecule has 0 bridgehead atoms. The molecule has 0 fully saturated rings. The van der Waals surface area contributed by atoms with Gasteiger partial charge in [-0.1, -0.05) is 16.7 Å². The molecule has 24 heavy (non-hydrogen) atoms. The highest BCUT2D eigenvalue weighted by Crippen LogP contribution is 2.22. The second-order valence-corrected chi connectivity index (χ2v) is 6.48. The van der Waals surface area contributed by atoms with Crippen molar-refractivity contribution in [3.8, 4) is 11.6 Å². The number of aromatic nitrogens is 4. The van der Waals surface area contributed by atoms with E-state index in [1.54, 1.807) is 23.9 Å². The molecule has 1 N–H and O–H groups in total. The smallest absolute Gasteiger partial charge is 0.322 e. The van der Waals surface area contributed by atoms with Crippen LogP contribution in [0.15, 0.2) is 39.6 Å². The molecule has 3 rings (SSSR count). The van der Waals surface area contributed by atoms with Crippen LogP contribution in [0.4, 0.5) is 6.01 Å². The zero-order valence-electron chi connectivity index (χ0n) is 13.0. The van der Waals surface area contributed by atoms with Gasteiger partial charge in [-0.05, 0) is 37.3 Å². The molecule has 3 aromatic rings. The van der Waals surface area contributed by atoms with Gasteiger partial charge in [0.05, 0.1) is 11.4 Å². The number of carbonyl (C=O) groups excluding carboxylic acids is 1. The summed E-state index contributed by atoms with van der Waals surface area (Å²) in [5.74, 6) is 0.301. The molecule has 7 nitrogen and oxygen atoms in total. The lowest BCUT2D eigenvalue weighted by Crippen LogP contribution is -2.14. The summed E-state index contributed by atoms with van der Waals surface area (Å²) in [6, 6.07) is 9.16. The Morgan fingerprint density at radius 2 is 2.08 bits per heavy atom. The number of nitrogens with one attached hydrogen (secondary N) is 1. The lowest BCUT2D eigenvalue weighted by Gasteiger charge is -2.01. The van der Waals surface area contributed by atoms with Gasteiger partial charge in [0.1, 0.15) is 5.69 Å². The third-order valence-corrected chi connectivity index (χ3v) is 4.34. The predicted molar refractivity (Wildman–Crippen MR) is 92.0 cm³/mol. The van der Waals surface area contributed by atoms with Gasteiger partial charge in [0.25, 0.3) is 5.89 Å². The SMILES string of the molecule is Cc1cc(-c2nnc(NC(=O)CSc3ccc(Cl)cc3)o2)n(C)n1. The fourth-order valence-corrected chi connectivity index (χ4v) is 2.85. The molecule has 2 aromatic heterocycles. The second kappa shape index (κ2) is 7.06. The minimum absolute atomic E-state index is 0.0607. The van der Waals surface area contributed by atoms with Crippen molar-refractivity contribution in [3.05, 3.63) is 41.0 Å². The molecule has 9 heteroatoms. The van der Waals surface area contributed by atoms with Crippen molar-refractivity contribution in [3.63, 3.8) is 0 Å². The maximum Gasteiger partial charge on any atom is 0.322 e. The van der Waals surface area contributed by atoms with Crippen LogP contribution in [0, 0.1) is 6.92 Å². The van der Waals surface area contributed by atoms with Crippen molar-refractivity contribution in [2.45, 2.75) is 11.8 Å². The largest absolute Gasteiger partial charge is 0.401 e. The van der Waals surface area contributed by atoms with Crippen molar-refractivity contribution in [2.24, 2.45) is 7.05 Å². The van der Waals surface area contributed by atoms with Crippen molar-refractivity contribution >= 4 is 35.3 Å². The van der Waals surface area contributed by atoms with Crippen molar-refractivity contribution in [2.75, 3.05) is 11.1 Å². The van der Waals surface area contributed by atoms with E-state index in [-0.39, 0.29) is 17.7 Å². The standard InChI is InChI=1S/C15H14ClN5O2S/c1-9-7-12(21(2)20-9)14-18-19-15(23-14)17-13(22)8-24-11-5-3-10(16)4-6-11/h3-7H,8H2,1-2H3,(H,17,19,22). The number of nitrogens with zero attached hydrogens (tertiary/aromatic N) is 4. The van der Waals surface area contributed by atoms with E-state index >= 15 is 0 Å². The molecule has 0 aliphatic rings. The first-order valence-electron chi connectivity index (χ1n) is 7.04. The van der Waals surface area contributed by atoms with E-state index in [9.17, 15) is 4.79 Å². The number of aryl methyl sites for hydroxylation is 2. The molecule has 0 spiro atoms. The fraction of sp³-hybridized carbons (Fsp3) is 0.200. The summed E-state index contributed by atoms with van der Waals surface area (Å²) < 4.78 is 7.10.